The molecule has 0 saturated carbocycles. The van der Waals surface area contributed by atoms with Crippen molar-refractivity contribution < 1.29 is 18.3 Å². The average Bonchev–Trinajstić information content (AvgIpc) is 2.37. The number of halogens is 2. The molecule has 0 spiro atoms. The Morgan fingerprint density at radius 2 is 1.81 bits per heavy atom. The number of thioether (sulfide) groups is 1. The number of hydrogen-bond acceptors (Lipinski definition) is 3. The lowest BCUT2D eigenvalue weighted by molar-refractivity contribution is 0.211. The molecule has 1 saturated heterocycles. The molecule has 0 aromatic heterocycles. The van der Waals surface area contributed by atoms with Crippen molar-refractivity contribution in [2.45, 2.75) is 24.3 Å². The van der Waals surface area contributed by atoms with Crippen molar-refractivity contribution in [2.75, 3.05) is 25.5 Å². The summed E-state index contributed by atoms with van der Waals surface area (Å²) in [5.74, 6) is -2.14. The zero-order valence-corrected chi connectivity index (χ0v) is 13.0. The van der Waals surface area contributed by atoms with E-state index in [2.05, 4.69) is 10.1 Å². The summed E-state index contributed by atoms with van der Waals surface area (Å²) in [6.45, 7) is 5.32. The number of hydrogen-bond donors (Lipinski definition) is 1. The fourth-order valence-electron chi connectivity index (χ4n) is 2.37. The van der Waals surface area contributed by atoms with Crippen LogP contribution >= 0.6 is 11.8 Å². The first kappa shape index (κ1) is 15.9. The molecule has 21 heavy (non-hydrogen) atoms. The fraction of sp³-hybridized carbons (Fsp3) is 0.500. The van der Waals surface area contributed by atoms with Gasteiger partial charge in [-0.05, 0) is 0 Å². The highest BCUT2D eigenvalue weighted by Crippen LogP contribution is 2.27. The van der Waals surface area contributed by atoms with Gasteiger partial charge in [0.15, 0.2) is 17.4 Å². The molecule has 0 bridgehead atoms. The number of ether oxygens (including phenoxy) is 1. The van der Waals surface area contributed by atoms with E-state index in [1.54, 1.807) is 4.90 Å². The largest absolute Gasteiger partial charge is 0.491 e. The number of nitrogens with one attached hydrogen (secondary N) is 1. The highest BCUT2D eigenvalue weighted by Gasteiger charge is 2.26. The topological polar surface area (TPSA) is 41.6 Å². The van der Waals surface area contributed by atoms with Crippen molar-refractivity contribution in [2.24, 2.45) is 0 Å². The molecule has 0 radical (unpaired) electrons. The molecule has 0 unspecified atom stereocenters. The number of anilines is 1. The normalized spacial score (nSPS) is 22.0. The van der Waals surface area contributed by atoms with E-state index in [1.165, 1.54) is 7.11 Å². The van der Waals surface area contributed by atoms with Gasteiger partial charge in [-0.1, -0.05) is 13.8 Å². The second kappa shape index (κ2) is 6.51. The lowest BCUT2D eigenvalue weighted by atomic mass is 10.2. The van der Waals surface area contributed by atoms with Gasteiger partial charge >= 0.3 is 6.03 Å². The van der Waals surface area contributed by atoms with Crippen LogP contribution in [0.3, 0.4) is 0 Å². The van der Waals surface area contributed by atoms with Crippen LogP contribution in [0.1, 0.15) is 13.8 Å². The molecule has 4 nitrogen and oxygen atoms in total. The Morgan fingerprint density at radius 3 is 2.29 bits per heavy atom. The molecule has 7 heteroatoms. The van der Waals surface area contributed by atoms with Crippen LogP contribution < -0.4 is 10.1 Å². The van der Waals surface area contributed by atoms with Crippen LogP contribution in [0, 0.1) is 11.6 Å². The second-order valence-electron chi connectivity index (χ2n) is 5.07. The summed E-state index contributed by atoms with van der Waals surface area (Å²) in [5.41, 5.74) is 0.0781. The van der Waals surface area contributed by atoms with Crippen LogP contribution in [0.2, 0.25) is 0 Å². The number of amides is 2. The summed E-state index contributed by atoms with van der Waals surface area (Å²) in [5, 5.41) is 3.20. The third kappa shape index (κ3) is 3.78. The summed E-state index contributed by atoms with van der Waals surface area (Å²) in [7, 11) is 1.19. The Bertz CT molecular complexity index is 509. The number of methoxy groups -OCH3 is 1. The average molecular weight is 316 g/mol. The molecule has 2 atom stereocenters. The molecule has 1 aromatic carbocycles. The minimum absolute atomic E-state index is 0.0781. The molecule has 1 aliphatic rings. The minimum atomic E-state index is -0.844. The Hall–Kier alpha value is -1.50. The maximum absolute atomic E-state index is 13.6. The van der Waals surface area contributed by atoms with Gasteiger partial charge in [0.1, 0.15) is 0 Å². The van der Waals surface area contributed by atoms with Crippen molar-refractivity contribution in [3.63, 3.8) is 0 Å². The van der Waals surface area contributed by atoms with E-state index >= 15 is 0 Å². The highest BCUT2D eigenvalue weighted by molar-refractivity contribution is 8.00. The molecule has 1 fully saturated rings. The summed E-state index contributed by atoms with van der Waals surface area (Å²) < 4.78 is 31.8. The molecular weight excluding hydrogens is 298 g/mol. The molecule has 1 heterocycles. The standard InChI is InChI=1S/C14H18F2N2O2S/c1-8-6-18(7-9(2)21-8)14(19)17-10-4-11(15)13(20-3)12(16)5-10/h4-5,8-9H,6-7H2,1-3H3,(H,17,19)/t8-,9+. The number of carbonyl (C=O) groups excluding carboxylic acids is 1. The van der Waals surface area contributed by atoms with Gasteiger partial charge in [-0.15, -0.1) is 0 Å². The van der Waals surface area contributed by atoms with E-state index in [4.69, 9.17) is 0 Å². The first-order valence-electron chi connectivity index (χ1n) is 6.65. The molecule has 0 aliphatic carbocycles. The zero-order valence-electron chi connectivity index (χ0n) is 12.2. The van der Waals surface area contributed by atoms with Gasteiger partial charge in [0.05, 0.1) is 7.11 Å². The SMILES string of the molecule is COc1c(F)cc(NC(=O)N2C[C@@H](C)S[C@@H](C)C2)cc1F. The first-order chi connectivity index (χ1) is 9.90. The molecule has 2 rings (SSSR count). The highest BCUT2D eigenvalue weighted by atomic mass is 32.2. The number of nitrogens with zero attached hydrogens (tertiary/aromatic N) is 1. The first-order valence-corrected chi connectivity index (χ1v) is 7.59. The van der Waals surface area contributed by atoms with E-state index in [1.807, 2.05) is 25.6 Å². The predicted molar refractivity (Wildman–Crippen MR) is 80.0 cm³/mol. The van der Waals surface area contributed by atoms with E-state index in [9.17, 15) is 13.6 Å². The van der Waals surface area contributed by atoms with Crippen molar-refractivity contribution in [3.05, 3.63) is 23.8 Å². The maximum Gasteiger partial charge on any atom is 0.321 e. The number of carbonyl (C=O) groups is 1. The Morgan fingerprint density at radius 1 is 1.29 bits per heavy atom. The molecule has 1 aliphatic heterocycles. The predicted octanol–water partition coefficient (Wildman–Crippen LogP) is 3.33. The third-order valence-corrected chi connectivity index (χ3v) is 4.39. The molecular formula is C14H18F2N2O2S. The van der Waals surface area contributed by atoms with Crippen LogP contribution in [0.4, 0.5) is 19.3 Å². The van der Waals surface area contributed by atoms with Crippen molar-refractivity contribution in [1.29, 1.82) is 0 Å². The van der Waals surface area contributed by atoms with Gasteiger partial charge in [-0.25, -0.2) is 13.6 Å². The van der Waals surface area contributed by atoms with Gasteiger partial charge in [-0.2, -0.15) is 11.8 Å². The summed E-state index contributed by atoms with van der Waals surface area (Å²) in [4.78, 5) is 13.8. The third-order valence-electron chi connectivity index (χ3n) is 3.16. The number of rotatable bonds is 2. The van der Waals surface area contributed by atoms with Crippen molar-refractivity contribution >= 4 is 23.5 Å². The van der Waals surface area contributed by atoms with Crippen LogP contribution in [0.15, 0.2) is 12.1 Å². The lowest BCUT2D eigenvalue weighted by Gasteiger charge is -2.34. The number of benzene rings is 1. The van der Waals surface area contributed by atoms with Gasteiger partial charge in [0, 0.05) is 41.4 Å². The minimum Gasteiger partial charge on any atom is -0.491 e. The van der Waals surface area contributed by atoms with Gasteiger partial charge in [0.25, 0.3) is 0 Å². The fourth-order valence-corrected chi connectivity index (χ4v) is 3.70. The summed E-state index contributed by atoms with van der Waals surface area (Å²) in [6, 6.07) is 1.74. The van der Waals surface area contributed by atoms with Crippen LogP contribution in [0.5, 0.6) is 5.75 Å². The van der Waals surface area contributed by atoms with E-state index in [0.717, 1.165) is 12.1 Å². The van der Waals surface area contributed by atoms with Crippen molar-refractivity contribution in [3.8, 4) is 5.75 Å². The lowest BCUT2D eigenvalue weighted by Crippen LogP contribution is -2.46. The number of urea groups is 1. The Labute approximate surface area is 126 Å². The van der Waals surface area contributed by atoms with Crippen molar-refractivity contribution in [1.82, 2.24) is 4.90 Å². The van der Waals surface area contributed by atoms with E-state index < -0.39 is 17.4 Å². The maximum atomic E-state index is 13.6. The van der Waals surface area contributed by atoms with Gasteiger partial charge in [-0.3, -0.25) is 0 Å². The quantitative estimate of drug-likeness (QED) is 0.910. The molecule has 116 valence electrons. The van der Waals surface area contributed by atoms with Gasteiger partial charge in [0.2, 0.25) is 0 Å². The monoisotopic (exact) mass is 316 g/mol. The Kier molecular flexibility index (Phi) is 4.92. The smallest absolute Gasteiger partial charge is 0.321 e. The van der Waals surface area contributed by atoms with Gasteiger partial charge < -0.3 is 15.0 Å². The Balaban J connectivity index is 2.09. The van der Waals surface area contributed by atoms with E-state index in [0.29, 0.717) is 23.6 Å². The molecule has 1 aromatic rings. The second-order valence-corrected chi connectivity index (χ2v) is 6.95. The van der Waals surface area contributed by atoms with E-state index in [-0.39, 0.29) is 11.7 Å². The zero-order chi connectivity index (χ0) is 15.6. The molecule has 1 N–H and O–H groups in total. The molecule has 2 amide bonds. The summed E-state index contributed by atoms with van der Waals surface area (Å²) >= 11 is 1.82. The summed E-state index contributed by atoms with van der Waals surface area (Å²) in [6.07, 6.45) is 0. The van der Waals surface area contributed by atoms with Crippen LogP contribution in [0.25, 0.3) is 0 Å². The van der Waals surface area contributed by atoms with Crippen LogP contribution in [-0.4, -0.2) is 41.6 Å². The van der Waals surface area contributed by atoms with Crippen LogP contribution in [-0.2, 0) is 0 Å².